The number of aryl methyl sites for hydroxylation is 1. The lowest BCUT2D eigenvalue weighted by atomic mass is 9.87. The second kappa shape index (κ2) is 8.78. The molecule has 2 saturated heterocycles. The summed E-state index contributed by atoms with van der Waals surface area (Å²) in [6, 6.07) is 16.4. The van der Waals surface area contributed by atoms with Crippen molar-refractivity contribution in [1.29, 1.82) is 5.26 Å². The number of hydrogen-bond donors (Lipinski definition) is 1. The van der Waals surface area contributed by atoms with Crippen LogP contribution in [0.1, 0.15) is 53.9 Å². The summed E-state index contributed by atoms with van der Waals surface area (Å²) in [5.41, 5.74) is 4.92. The Bertz CT molecular complexity index is 1110. The number of nitrogens with one attached hydrogen (secondary N) is 1. The molecule has 3 aliphatic rings. The maximum absolute atomic E-state index is 12.6. The van der Waals surface area contributed by atoms with Crippen molar-refractivity contribution in [1.82, 2.24) is 14.8 Å². The van der Waals surface area contributed by atoms with E-state index in [-0.39, 0.29) is 12.2 Å². The van der Waals surface area contributed by atoms with Gasteiger partial charge in [-0.25, -0.2) is 4.79 Å². The Morgan fingerprint density at radius 3 is 2.61 bits per heavy atom. The topological polar surface area (TPSA) is 75.0 Å². The van der Waals surface area contributed by atoms with E-state index in [0.29, 0.717) is 11.5 Å². The van der Waals surface area contributed by atoms with Crippen molar-refractivity contribution in [2.45, 2.75) is 44.7 Å². The summed E-state index contributed by atoms with van der Waals surface area (Å²) < 4.78 is 0. The van der Waals surface area contributed by atoms with Gasteiger partial charge >= 0.3 is 6.03 Å². The fourth-order valence-corrected chi connectivity index (χ4v) is 5.18. The molecule has 170 valence electrons. The molecule has 2 aromatic carbocycles. The largest absolute Gasteiger partial charge is 0.333 e. The van der Waals surface area contributed by atoms with E-state index in [0.717, 1.165) is 68.0 Å². The molecule has 3 aliphatic heterocycles. The predicted octanol–water partition coefficient (Wildman–Crippen LogP) is 4.31. The molecule has 2 atom stereocenters. The number of benzene rings is 2. The van der Waals surface area contributed by atoms with E-state index in [4.69, 9.17) is 10.4 Å². The summed E-state index contributed by atoms with van der Waals surface area (Å²) in [6.45, 7) is 4.61. The average Bonchev–Trinajstić information content (AvgIpc) is 3.49. The standard InChI is InChI=1S/C26H30N6O/c1-18-5-8-22(15-23(18)28-26(33)31-12-3-4-13-31)25-29-30(2)24-16-21(11-14-32(24)25)20-9-6-19(17-27)7-10-20/h5-10,15,21,24H,3-4,11-14,16H2,1-2H3,(H,28,33). The number of likely N-dealkylation sites (tertiary alicyclic amines) is 1. The Hall–Kier alpha value is -3.53. The molecule has 5 rings (SSSR count). The van der Waals surface area contributed by atoms with Gasteiger partial charge in [-0.05, 0) is 67.9 Å². The van der Waals surface area contributed by atoms with Crippen LogP contribution in [-0.2, 0) is 0 Å². The van der Waals surface area contributed by atoms with Gasteiger partial charge in [-0.3, -0.25) is 5.01 Å². The van der Waals surface area contributed by atoms with Gasteiger partial charge in [0.05, 0.1) is 11.6 Å². The Labute approximate surface area is 195 Å². The van der Waals surface area contributed by atoms with Gasteiger partial charge in [0.25, 0.3) is 0 Å². The van der Waals surface area contributed by atoms with E-state index in [2.05, 4.69) is 51.6 Å². The summed E-state index contributed by atoms with van der Waals surface area (Å²) in [4.78, 5) is 16.9. The first-order chi connectivity index (χ1) is 16.0. The molecule has 0 bridgehead atoms. The number of carbonyl (C=O) groups excluding carboxylic acids is 1. The molecular formula is C26H30N6O. The quantitative estimate of drug-likeness (QED) is 0.769. The van der Waals surface area contributed by atoms with E-state index in [9.17, 15) is 4.79 Å². The highest BCUT2D eigenvalue weighted by Gasteiger charge is 2.38. The van der Waals surface area contributed by atoms with Gasteiger partial charge in [0.1, 0.15) is 6.17 Å². The first-order valence-corrected chi connectivity index (χ1v) is 11.8. The van der Waals surface area contributed by atoms with Crippen molar-refractivity contribution in [2.24, 2.45) is 5.10 Å². The van der Waals surface area contributed by atoms with Gasteiger partial charge in [0.15, 0.2) is 5.84 Å². The molecule has 2 fully saturated rings. The van der Waals surface area contributed by atoms with E-state index in [1.807, 2.05) is 31.0 Å². The maximum atomic E-state index is 12.6. The lowest BCUT2D eigenvalue weighted by molar-refractivity contribution is 0.108. The monoisotopic (exact) mass is 442 g/mol. The van der Waals surface area contributed by atoms with Gasteiger partial charge in [0, 0.05) is 37.9 Å². The first-order valence-electron chi connectivity index (χ1n) is 11.8. The second-order valence-electron chi connectivity index (χ2n) is 9.28. The number of amides is 2. The number of piperidine rings is 1. The molecule has 7 nitrogen and oxygen atoms in total. The van der Waals surface area contributed by atoms with Crippen LogP contribution in [0.5, 0.6) is 0 Å². The summed E-state index contributed by atoms with van der Waals surface area (Å²) in [7, 11) is 2.04. The minimum atomic E-state index is -0.0145. The number of rotatable bonds is 3. The summed E-state index contributed by atoms with van der Waals surface area (Å²) in [5, 5.41) is 19.1. The van der Waals surface area contributed by atoms with Crippen molar-refractivity contribution in [2.75, 3.05) is 32.0 Å². The SMILES string of the molecule is Cc1ccc(C2=NN(C)C3CC(c4ccc(C#N)cc4)CCN23)cc1NC(=O)N1CCCC1. The molecule has 0 spiro atoms. The molecule has 2 unspecified atom stereocenters. The third-order valence-electron chi connectivity index (χ3n) is 7.17. The normalized spacial score (nSPS) is 22.1. The molecule has 0 aromatic heterocycles. The van der Waals surface area contributed by atoms with Crippen LogP contribution >= 0.6 is 0 Å². The number of carbonyl (C=O) groups is 1. The van der Waals surface area contributed by atoms with Gasteiger partial charge in [0.2, 0.25) is 0 Å². The summed E-state index contributed by atoms with van der Waals surface area (Å²) in [5.74, 6) is 1.42. The van der Waals surface area contributed by atoms with Crippen LogP contribution in [0.2, 0.25) is 0 Å². The minimum Gasteiger partial charge on any atom is -0.333 e. The number of hydrogen-bond acceptors (Lipinski definition) is 5. The summed E-state index contributed by atoms with van der Waals surface area (Å²) >= 11 is 0. The van der Waals surface area contributed by atoms with E-state index < -0.39 is 0 Å². The smallest absolute Gasteiger partial charge is 0.321 e. The molecule has 33 heavy (non-hydrogen) atoms. The van der Waals surface area contributed by atoms with Crippen LogP contribution in [0.3, 0.4) is 0 Å². The predicted molar refractivity (Wildman–Crippen MR) is 129 cm³/mol. The minimum absolute atomic E-state index is 0.0145. The van der Waals surface area contributed by atoms with Crippen LogP contribution in [0, 0.1) is 18.3 Å². The Kier molecular flexibility index (Phi) is 5.67. The highest BCUT2D eigenvalue weighted by molar-refractivity contribution is 6.01. The van der Waals surface area contributed by atoms with Crippen LogP contribution in [0.4, 0.5) is 10.5 Å². The Morgan fingerprint density at radius 1 is 1.12 bits per heavy atom. The van der Waals surface area contributed by atoms with Crippen molar-refractivity contribution in [3.8, 4) is 6.07 Å². The third-order valence-corrected chi connectivity index (χ3v) is 7.17. The molecule has 1 N–H and O–H groups in total. The number of nitriles is 1. The molecule has 2 aromatic rings. The molecule has 0 radical (unpaired) electrons. The lowest BCUT2D eigenvalue weighted by Crippen LogP contribution is -2.46. The van der Waals surface area contributed by atoms with E-state index in [1.54, 1.807) is 0 Å². The fraction of sp³-hybridized carbons (Fsp3) is 0.423. The zero-order valence-corrected chi connectivity index (χ0v) is 19.3. The van der Waals surface area contributed by atoms with Crippen LogP contribution in [-0.4, -0.2) is 59.5 Å². The van der Waals surface area contributed by atoms with Crippen LogP contribution in [0.15, 0.2) is 47.6 Å². The van der Waals surface area contributed by atoms with E-state index >= 15 is 0 Å². The zero-order valence-electron chi connectivity index (χ0n) is 19.3. The number of urea groups is 1. The maximum Gasteiger partial charge on any atom is 0.321 e. The van der Waals surface area contributed by atoms with Crippen molar-refractivity contribution in [3.05, 3.63) is 64.7 Å². The summed E-state index contributed by atoms with van der Waals surface area (Å²) in [6.07, 6.45) is 4.39. The van der Waals surface area contributed by atoms with Gasteiger partial charge < -0.3 is 15.1 Å². The number of fused-ring (bicyclic) bond motifs is 1. The fourth-order valence-electron chi connectivity index (χ4n) is 5.18. The molecule has 2 amide bonds. The number of nitrogens with zero attached hydrogens (tertiary/aromatic N) is 5. The highest BCUT2D eigenvalue weighted by atomic mass is 16.2. The molecule has 3 heterocycles. The van der Waals surface area contributed by atoms with Gasteiger partial charge in [-0.15, -0.1) is 0 Å². The molecule has 0 aliphatic carbocycles. The zero-order chi connectivity index (χ0) is 22.9. The lowest BCUT2D eigenvalue weighted by Gasteiger charge is -2.38. The van der Waals surface area contributed by atoms with Crippen molar-refractivity contribution >= 4 is 17.6 Å². The Balaban J connectivity index is 1.32. The third kappa shape index (κ3) is 4.13. The molecule has 7 heteroatoms. The first kappa shape index (κ1) is 21.3. The van der Waals surface area contributed by atoms with Gasteiger partial charge in [-0.2, -0.15) is 10.4 Å². The Morgan fingerprint density at radius 2 is 1.88 bits per heavy atom. The highest BCUT2D eigenvalue weighted by Crippen LogP contribution is 2.36. The van der Waals surface area contributed by atoms with Crippen LogP contribution < -0.4 is 5.32 Å². The van der Waals surface area contributed by atoms with Crippen molar-refractivity contribution in [3.63, 3.8) is 0 Å². The van der Waals surface area contributed by atoms with Crippen LogP contribution in [0.25, 0.3) is 0 Å². The van der Waals surface area contributed by atoms with E-state index in [1.165, 1.54) is 5.56 Å². The molecule has 0 saturated carbocycles. The number of anilines is 1. The number of hydrazone groups is 1. The second-order valence-corrected chi connectivity index (χ2v) is 9.28. The average molecular weight is 443 g/mol. The number of amidine groups is 1. The van der Waals surface area contributed by atoms with Crippen molar-refractivity contribution < 1.29 is 4.79 Å². The van der Waals surface area contributed by atoms with Gasteiger partial charge in [-0.1, -0.05) is 24.3 Å². The molecular weight excluding hydrogens is 412 g/mol.